The van der Waals surface area contributed by atoms with Crippen LogP contribution in [0.3, 0.4) is 0 Å². The molecule has 1 aliphatic carbocycles. The highest BCUT2D eigenvalue weighted by atomic mass is 16.4. The predicted octanol–water partition coefficient (Wildman–Crippen LogP) is 0.873. The Hall–Kier alpha value is -1.10. The Bertz CT molecular complexity index is 296. The van der Waals surface area contributed by atoms with Gasteiger partial charge in [0, 0.05) is 0 Å². The summed E-state index contributed by atoms with van der Waals surface area (Å²) in [6, 6.07) is -0.645. The lowest BCUT2D eigenvalue weighted by molar-refractivity contribution is -0.149. The number of nitrogens with one attached hydrogen (secondary N) is 1. The second-order valence-corrected chi connectivity index (χ2v) is 5.21. The number of amides is 1. The van der Waals surface area contributed by atoms with Gasteiger partial charge in [-0.25, -0.2) is 4.79 Å². The fourth-order valence-corrected chi connectivity index (χ4v) is 2.17. The third-order valence-electron chi connectivity index (χ3n) is 3.50. The molecule has 1 amide bonds. The first kappa shape index (κ1) is 14.0. The normalized spacial score (nSPS) is 20.9. The molecule has 0 aliphatic heterocycles. The van der Waals surface area contributed by atoms with Crippen LogP contribution < -0.4 is 11.1 Å². The largest absolute Gasteiger partial charge is 0.480 e. The second-order valence-electron chi connectivity index (χ2n) is 5.21. The molecule has 0 unspecified atom stereocenters. The fraction of sp³-hybridized carbons (Fsp3) is 0.833. The van der Waals surface area contributed by atoms with E-state index in [1.165, 1.54) is 0 Å². The third-order valence-corrected chi connectivity index (χ3v) is 3.50. The Morgan fingerprint density at radius 2 is 1.76 bits per heavy atom. The molecule has 0 aromatic heterocycles. The highest BCUT2D eigenvalue weighted by molar-refractivity contribution is 5.89. The van der Waals surface area contributed by atoms with E-state index in [0.29, 0.717) is 12.8 Å². The average Bonchev–Trinajstić information content (AvgIpc) is 2.28. The summed E-state index contributed by atoms with van der Waals surface area (Å²) in [4.78, 5) is 23.2. The van der Waals surface area contributed by atoms with Crippen molar-refractivity contribution in [3.05, 3.63) is 0 Å². The molecule has 0 aromatic rings. The van der Waals surface area contributed by atoms with Crippen LogP contribution in [0.4, 0.5) is 0 Å². The molecule has 1 aliphatic rings. The van der Waals surface area contributed by atoms with Crippen LogP contribution in [0.2, 0.25) is 0 Å². The van der Waals surface area contributed by atoms with Gasteiger partial charge in [-0.2, -0.15) is 0 Å². The SMILES string of the molecule is CC(C)[C@@H](N)C(=O)NC1(C(=O)O)CCCCC1. The summed E-state index contributed by atoms with van der Waals surface area (Å²) < 4.78 is 0. The van der Waals surface area contributed by atoms with E-state index < -0.39 is 17.6 Å². The molecule has 0 bridgehead atoms. The van der Waals surface area contributed by atoms with Crippen molar-refractivity contribution in [2.24, 2.45) is 11.7 Å². The van der Waals surface area contributed by atoms with Gasteiger partial charge in [0.1, 0.15) is 5.54 Å². The minimum Gasteiger partial charge on any atom is -0.480 e. The van der Waals surface area contributed by atoms with Gasteiger partial charge in [0.2, 0.25) is 5.91 Å². The summed E-state index contributed by atoms with van der Waals surface area (Å²) in [6.07, 6.45) is 3.70. The molecule has 0 heterocycles. The fourth-order valence-electron chi connectivity index (χ4n) is 2.17. The molecule has 1 fully saturated rings. The molecule has 4 N–H and O–H groups in total. The van der Waals surface area contributed by atoms with Gasteiger partial charge in [-0.1, -0.05) is 33.1 Å². The van der Waals surface area contributed by atoms with Gasteiger partial charge >= 0.3 is 5.97 Å². The van der Waals surface area contributed by atoms with E-state index >= 15 is 0 Å². The van der Waals surface area contributed by atoms with Crippen LogP contribution in [0, 0.1) is 5.92 Å². The van der Waals surface area contributed by atoms with Gasteiger partial charge in [0.15, 0.2) is 0 Å². The maximum absolute atomic E-state index is 11.9. The molecular weight excluding hydrogens is 220 g/mol. The van der Waals surface area contributed by atoms with E-state index in [9.17, 15) is 14.7 Å². The highest BCUT2D eigenvalue weighted by Crippen LogP contribution is 2.28. The summed E-state index contributed by atoms with van der Waals surface area (Å²) in [6.45, 7) is 3.69. The standard InChI is InChI=1S/C12H22N2O3/c1-8(2)9(13)10(15)14-12(11(16)17)6-4-3-5-7-12/h8-9H,3-7,13H2,1-2H3,(H,14,15)(H,16,17)/t9-/m1/s1. The number of hydrogen-bond donors (Lipinski definition) is 3. The second kappa shape index (κ2) is 5.49. The quantitative estimate of drug-likeness (QED) is 0.682. The van der Waals surface area contributed by atoms with Crippen LogP contribution in [0.5, 0.6) is 0 Å². The summed E-state index contributed by atoms with van der Waals surface area (Å²) in [5.74, 6) is -1.30. The van der Waals surface area contributed by atoms with Gasteiger partial charge in [-0.15, -0.1) is 0 Å². The zero-order valence-corrected chi connectivity index (χ0v) is 10.5. The molecule has 0 saturated heterocycles. The van der Waals surface area contributed by atoms with Crippen molar-refractivity contribution in [3.8, 4) is 0 Å². The number of carboxylic acids is 1. The molecule has 0 spiro atoms. The number of carbonyl (C=O) groups excluding carboxylic acids is 1. The van der Waals surface area contributed by atoms with E-state index in [0.717, 1.165) is 19.3 Å². The number of carboxylic acid groups (broad SMARTS) is 1. The first-order chi connectivity index (χ1) is 7.89. The molecule has 1 atom stereocenters. The lowest BCUT2D eigenvalue weighted by Gasteiger charge is -2.35. The van der Waals surface area contributed by atoms with Crippen LogP contribution in [0.25, 0.3) is 0 Å². The maximum atomic E-state index is 11.9. The maximum Gasteiger partial charge on any atom is 0.329 e. The average molecular weight is 242 g/mol. The molecule has 1 rings (SSSR count). The van der Waals surface area contributed by atoms with Gasteiger partial charge in [-0.05, 0) is 18.8 Å². The minimum absolute atomic E-state index is 0.00411. The van der Waals surface area contributed by atoms with Crippen molar-refractivity contribution in [1.29, 1.82) is 0 Å². The third kappa shape index (κ3) is 3.19. The molecule has 1 saturated carbocycles. The van der Waals surface area contributed by atoms with Crippen molar-refractivity contribution in [2.45, 2.75) is 57.5 Å². The molecule has 17 heavy (non-hydrogen) atoms. The summed E-state index contributed by atoms with van der Waals surface area (Å²) >= 11 is 0. The molecular formula is C12H22N2O3. The van der Waals surface area contributed by atoms with E-state index in [-0.39, 0.29) is 11.8 Å². The Morgan fingerprint density at radius 1 is 1.24 bits per heavy atom. The summed E-state index contributed by atoms with van der Waals surface area (Å²) in [5, 5.41) is 12.0. The lowest BCUT2D eigenvalue weighted by atomic mass is 9.81. The monoisotopic (exact) mass is 242 g/mol. The zero-order chi connectivity index (χ0) is 13.1. The van der Waals surface area contributed by atoms with Crippen LogP contribution in [-0.4, -0.2) is 28.6 Å². The van der Waals surface area contributed by atoms with Gasteiger partial charge < -0.3 is 16.2 Å². The number of nitrogens with two attached hydrogens (primary N) is 1. The van der Waals surface area contributed by atoms with Crippen molar-refractivity contribution in [3.63, 3.8) is 0 Å². The number of carbonyl (C=O) groups is 2. The van der Waals surface area contributed by atoms with Gasteiger partial charge in [0.05, 0.1) is 6.04 Å². The summed E-state index contributed by atoms with van der Waals surface area (Å²) in [7, 11) is 0. The van der Waals surface area contributed by atoms with E-state index in [1.54, 1.807) is 0 Å². The molecule has 98 valence electrons. The highest BCUT2D eigenvalue weighted by Gasteiger charge is 2.41. The molecule has 5 heteroatoms. The van der Waals surface area contributed by atoms with Crippen LogP contribution in [-0.2, 0) is 9.59 Å². The first-order valence-electron chi connectivity index (χ1n) is 6.20. The van der Waals surface area contributed by atoms with Crippen LogP contribution in [0.1, 0.15) is 46.0 Å². The van der Waals surface area contributed by atoms with Crippen molar-refractivity contribution < 1.29 is 14.7 Å². The van der Waals surface area contributed by atoms with Gasteiger partial charge in [-0.3, -0.25) is 4.79 Å². The number of rotatable bonds is 4. The molecule has 0 aromatic carbocycles. The van der Waals surface area contributed by atoms with E-state index in [4.69, 9.17) is 5.73 Å². The van der Waals surface area contributed by atoms with Crippen molar-refractivity contribution in [1.82, 2.24) is 5.32 Å². The smallest absolute Gasteiger partial charge is 0.329 e. The van der Waals surface area contributed by atoms with Crippen LogP contribution >= 0.6 is 0 Å². The molecule has 0 radical (unpaired) electrons. The zero-order valence-electron chi connectivity index (χ0n) is 10.5. The summed E-state index contributed by atoms with van der Waals surface area (Å²) in [5.41, 5.74) is 4.64. The number of hydrogen-bond acceptors (Lipinski definition) is 3. The number of aliphatic carboxylic acids is 1. The van der Waals surface area contributed by atoms with E-state index in [1.807, 2.05) is 13.8 Å². The van der Waals surface area contributed by atoms with Crippen molar-refractivity contribution in [2.75, 3.05) is 0 Å². The van der Waals surface area contributed by atoms with E-state index in [2.05, 4.69) is 5.32 Å². The topological polar surface area (TPSA) is 92.4 Å². The predicted molar refractivity (Wildman–Crippen MR) is 64.4 cm³/mol. The molecule has 5 nitrogen and oxygen atoms in total. The lowest BCUT2D eigenvalue weighted by Crippen LogP contribution is -2.59. The van der Waals surface area contributed by atoms with Crippen molar-refractivity contribution >= 4 is 11.9 Å². The van der Waals surface area contributed by atoms with Gasteiger partial charge in [0.25, 0.3) is 0 Å². The minimum atomic E-state index is -1.10. The Labute approximate surface area is 102 Å². The Balaban J connectivity index is 2.73. The van der Waals surface area contributed by atoms with Crippen LogP contribution in [0.15, 0.2) is 0 Å². The first-order valence-corrected chi connectivity index (χ1v) is 6.20. The Morgan fingerprint density at radius 3 is 2.18 bits per heavy atom. The Kier molecular flexibility index (Phi) is 4.51.